The maximum atomic E-state index is 4.93. The summed E-state index contributed by atoms with van der Waals surface area (Å²) in [5, 5.41) is 0. The standard InChI is InChI=1S/C35H34BrN3/c1-34(2,3)28-17-11-26(12-18-28)32-37-31(25-9-7-23(8-10-25)24-15-21-30(36)22-16-24)38-33(39-32)27-13-19-29(20-14-27)35(4,5)6/h7-22H,1-6H3. The second-order valence-corrected chi connectivity index (χ2v) is 13.0. The summed E-state index contributed by atoms with van der Waals surface area (Å²) in [6.07, 6.45) is 0. The van der Waals surface area contributed by atoms with Crippen molar-refractivity contribution in [2.75, 3.05) is 0 Å². The highest BCUT2D eigenvalue weighted by Gasteiger charge is 2.17. The second kappa shape index (κ2) is 10.5. The lowest BCUT2D eigenvalue weighted by atomic mass is 9.86. The van der Waals surface area contributed by atoms with Gasteiger partial charge in [-0.25, -0.2) is 15.0 Å². The molecule has 196 valence electrons. The van der Waals surface area contributed by atoms with Crippen molar-refractivity contribution >= 4 is 15.9 Å². The quantitative estimate of drug-likeness (QED) is 0.214. The summed E-state index contributed by atoms with van der Waals surface area (Å²) >= 11 is 3.52. The van der Waals surface area contributed by atoms with Gasteiger partial charge in [0.05, 0.1) is 0 Å². The molecule has 0 aliphatic heterocycles. The summed E-state index contributed by atoms with van der Waals surface area (Å²) in [4.78, 5) is 14.8. The predicted molar refractivity (Wildman–Crippen MR) is 167 cm³/mol. The highest BCUT2D eigenvalue weighted by atomic mass is 79.9. The first-order valence-corrected chi connectivity index (χ1v) is 14.1. The molecule has 0 radical (unpaired) electrons. The number of aromatic nitrogens is 3. The smallest absolute Gasteiger partial charge is 0.164 e. The number of hydrogen-bond donors (Lipinski definition) is 0. The third-order valence-corrected chi connectivity index (χ3v) is 7.50. The van der Waals surface area contributed by atoms with Crippen LogP contribution in [0.1, 0.15) is 52.7 Å². The Morgan fingerprint density at radius 3 is 0.949 bits per heavy atom. The maximum absolute atomic E-state index is 4.93. The number of rotatable bonds is 4. The summed E-state index contributed by atoms with van der Waals surface area (Å²) in [5.74, 6) is 2.01. The van der Waals surface area contributed by atoms with Crippen molar-refractivity contribution in [3.63, 3.8) is 0 Å². The second-order valence-electron chi connectivity index (χ2n) is 12.0. The fourth-order valence-electron chi connectivity index (χ4n) is 4.46. The number of nitrogens with zero attached hydrogens (tertiary/aromatic N) is 3. The summed E-state index contributed by atoms with van der Waals surface area (Å²) < 4.78 is 1.07. The first-order chi connectivity index (χ1) is 18.5. The molecule has 5 rings (SSSR count). The van der Waals surface area contributed by atoms with Gasteiger partial charge in [-0.1, -0.05) is 142 Å². The minimum atomic E-state index is 0.0827. The zero-order valence-corrected chi connectivity index (χ0v) is 25.0. The average molecular weight is 577 g/mol. The Morgan fingerprint density at radius 1 is 0.385 bits per heavy atom. The molecule has 0 saturated heterocycles. The number of halogens is 1. The molecule has 0 aliphatic carbocycles. The third-order valence-electron chi connectivity index (χ3n) is 6.97. The Labute approximate surface area is 240 Å². The van der Waals surface area contributed by atoms with Crippen molar-refractivity contribution in [3.8, 4) is 45.3 Å². The molecule has 39 heavy (non-hydrogen) atoms. The van der Waals surface area contributed by atoms with Gasteiger partial charge in [0.25, 0.3) is 0 Å². The Kier molecular flexibility index (Phi) is 7.26. The van der Waals surface area contributed by atoms with Crippen LogP contribution in [-0.2, 0) is 10.8 Å². The summed E-state index contributed by atoms with van der Waals surface area (Å²) in [5.41, 5.74) is 7.95. The Bertz CT molecular complexity index is 1500. The van der Waals surface area contributed by atoms with Gasteiger partial charge in [0, 0.05) is 21.2 Å². The zero-order valence-electron chi connectivity index (χ0n) is 23.5. The lowest BCUT2D eigenvalue weighted by molar-refractivity contribution is 0.590. The summed E-state index contributed by atoms with van der Waals surface area (Å²) in [6.45, 7) is 13.3. The first kappa shape index (κ1) is 27.0. The molecule has 0 spiro atoms. The fourth-order valence-corrected chi connectivity index (χ4v) is 4.72. The molecule has 1 aromatic heterocycles. The molecule has 4 aromatic carbocycles. The molecule has 0 fully saturated rings. The molecule has 0 N–H and O–H groups in total. The average Bonchev–Trinajstić information content (AvgIpc) is 2.92. The number of hydrogen-bond acceptors (Lipinski definition) is 3. The predicted octanol–water partition coefficient (Wildman–Crippen LogP) is 9.90. The normalized spacial score (nSPS) is 12.0. The van der Waals surface area contributed by atoms with Crippen LogP contribution in [0.5, 0.6) is 0 Å². The molecule has 0 atom stereocenters. The van der Waals surface area contributed by atoms with Gasteiger partial charge in [0.2, 0.25) is 0 Å². The highest BCUT2D eigenvalue weighted by molar-refractivity contribution is 9.10. The molecular weight excluding hydrogens is 542 g/mol. The Hall–Kier alpha value is -3.63. The van der Waals surface area contributed by atoms with Gasteiger partial charge in [0.15, 0.2) is 17.5 Å². The van der Waals surface area contributed by atoms with Crippen molar-refractivity contribution in [2.45, 2.75) is 52.4 Å². The van der Waals surface area contributed by atoms with E-state index in [9.17, 15) is 0 Å². The van der Waals surface area contributed by atoms with Gasteiger partial charge in [-0.3, -0.25) is 0 Å². The van der Waals surface area contributed by atoms with E-state index in [2.05, 4.69) is 155 Å². The molecule has 0 unspecified atom stereocenters. The SMILES string of the molecule is CC(C)(C)c1ccc(-c2nc(-c3ccc(-c4ccc(Br)cc4)cc3)nc(-c3ccc(C(C)(C)C)cc3)n2)cc1. The molecule has 5 aromatic rings. The Morgan fingerprint density at radius 2 is 0.641 bits per heavy atom. The van der Waals surface area contributed by atoms with Gasteiger partial charge in [-0.05, 0) is 45.2 Å². The van der Waals surface area contributed by atoms with Crippen LogP contribution in [-0.4, -0.2) is 15.0 Å². The van der Waals surface area contributed by atoms with Crippen molar-refractivity contribution < 1.29 is 0 Å². The highest BCUT2D eigenvalue weighted by Crippen LogP contribution is 2.30. The van der Waals surface area contributed by atoms with E-state index in [1.54, 1.807) is 0 Å². The first-order valence-electron chi connectivity index (χ1n) is 13.3. The molecule has 0 bridgehead atoms. The van der Waals surface area contributed by atoms with Gasteiger partial charge < -0.3 is 0 Å². The van der Waals surface area contributed by atoms with E-state index in [1.807, 2.05) is 0 Å². The van der Waals surface area contributed by atoms with Crippen LogP contribution in [0.2, 0.25) is 0 Å². The van der Waals surface area contributed by atoms with E-state index < -0.39 is 0 Å². The van der Waals surface area contributed by atoms with Gasteiger partial charge in [-0.2, -0.15) is 0 Å². The molecular formula is C35H34BrN3. The van der Waals surface area contributed by atoms with Crippen molar-refractivity contribution in [2.24, 2.45) is 0 Å². The summed E-state index contributed by atoms with van der Waals surface area (Å²) in [7, 11) is 0. The van der Waals surface area contributed by atoms with Crippen molar-refractivity contribution in [3.05, 3.63) is 113 Å². The molecule has 0 aliphatic rings. The monoisotopic (exact) mass is 575 g/mol. The molecule has 4 heteroatoms. The van der Waals surface area contributed by atoms with Gasteiger partial charge >= 0.3 is 0 Å². The minimum absolute atomic E-state index is 0.0827. The van der Waals surface area contributed by atoms with Crippen LogP contribution < -0.4 is 0 Å². The van der Waals surface area contributed by atoms with Crippen molar-refractivity contribution in [1.29, 1.82) is 0 Å². The van der Waals surface area contributed by atoms with Crippen LogP contribution in [0.15, 0.2) is 102 Å². The summed E-state index contributed by atoms with van der Waals surface area (Å²) in [6, 6.07) is 33.9. The van der Waals surface area contributed by atoms with E-state index in [0.717, 1.165) is 26.7 Å². The third kappa shape index (κ3) is 6.17. The van der Waals surface area contributed by atoms with E-state index >= 15 is 0 Å². The lowest BCUT2D eigenvalue weighted by Gasteiger charge is -2.19. The molecule has 3 nitrogen and oxygen atoms in total. The van der Waals surface area contributed by atoms with Crippen molar-refractivity contribution in [1.82, 2.24) is 15.0 Å². The molecule has 0 saturated carbocycles. The van der Waals surface area contributed by atoms with Crippen LogP contribution in [0.25, 0.3) is 45.3 Å². The Balaban J connectivity index is 1.58. The molecule has 0 amide bonds. The number of benzene rings is 4. The van der Waals surface area contributed by atoms with Crippen LogP contribution >= 0.6 is 15.9 Å². The fraction of sp³-hybridized carbons (Fsp3) is 0.229. The van der Waals surface area contributed by atoms with Gasteiger partial charge in [0.1, 0.15) is 0 Å². The topological polar surface area (TPSA) is 38.7 Å². The van der Waals surface area contributed by atoms with E-state index in [4.69, 9.17) is 15.0 Å². The van der Waals surface area contributed by atoms with E-state index in [0.29, 0.717) is 17.5 Å². The largest absolute Gasteiger partial charge is 0.208 e. The molecule has 1 heterocycles. The zero-order chi connectivity index (χ0) is 27.8. The van der Waals surface area contributed by atoms with Crippen LogP contribution in [0.3, 0.4) is 0 Å². The van der Waals surface area contributed by atoms with E-state index in [-0.39, 0.29) is 10.8 Å². The van der Waals surface area contributed by atoms with Crippen LogP contribution in [0, 0.1) is 0 Å². The van der Waals surface area contributed by atoms with Crippen LogP contribution in [0.4, 0.5) is 0 Å². The lowest BCUT2D eigenvalue weighted by Crippen LogP contribution is -2.10. The minimum Gasteiger partial charge on any atom is -0.208 e. The maximum Gasteiger partial charge on any atom is 0.164 e. The van der Waals surface area contributed by atoms with E-state index in [1.165, 1.54) is 16.7 Å². The van der Waals surface area contributed by atoms with Gasteiger partial charge in [-0.15, -0.1) is 0 Å².